The summed E-state index contributed by atoms with van der Waals surface area (Å²) in [5.74, 6) is -0.818. The van der Waals surface area contributed by atoms with Gasteiger partial charge in [-0.05, 0) is 19.3 Å². The molecular weight excluding hydrogens is 1020 g/mol. The lowest BCUT2D eigenvalue weighted by Gasteiger charge is -2.18. The number of carbonyl (C=O) groups is 3. The lowest BCUT2D eigenvalue weighted by Crippen LogP contribution is -2.30. The molecule has 0 heterocycles. The van der Waals surface area contributed by atoms with Crippen molar-refractivity contribution >= 4 is 17.9 Å². The highest BCUT2D eigenvalue weighted by molar-refractivity contribution is 5.71. The molecule has 0 aromatic rings. The van der Waals surface area contributed by atoms with Crippen LogP contribution in [0.5, 0.6) is 0 Å². The largest absolute Gasteiger partial charge is 0.462 e. The van der Waals surface area contributed by atoms with E-state index in [9.17, 15) is 14.4 Å². The van der Waals surface area contributed by atoms with Crippen molar-refractivity contribution < 1.29 is 28.6 Å². The van der Waals surface area contributed by atoms with Crippen LogP contribution in [0.4, 0.5) is 0 Å². The summed E-state index contributed by atoms with van der Waals surface area (Å²) in [6.45, 7) is 6.75. The van der Waals surface area contributed by atoms with Crippen molar-refractivity contribution in [3.8, 4) is 0 Å². The van der Waals surface area contributed by atoms with Crippen LogP contribution in [0.3, 0.4) is 0 Å². The van der Waals surface area contributed by atoms with Gasteiger partial charge in [0.05, 0.1) is 0 Å². The lowest BCUT2D eigenvalue weighted by atomic mass is 10.0. The van der Waals surface area contributed by atoms with E-state index < -0.39 is 6.10 Å². The number of hydrogen-bond acceptors (Lipinski definition) is 6. The molecule has 0 radical (unpaired) electrons. The number of carbonyl (C=O) groups excluding carboxylic acids is 3. The summed E-state index contributed by atoms with van der Waals surface area (Å²) in [5, 5.41) is 0. The fourth-order valence-corrected chi connectivity index (χ4v) is 12.3. The van der Waals surface area contributed by atoms with E-state index in [-0.39, 0.29) is 31.1 Å². The highest BCUT2D eigenvalue weighted by Gasteiger charge is 2.20. The summed E-state index contributed by atoms with van der Waals surface area (Å²) in [7, 11) is 0. The van der Waals surface area contributed by atoms with E-state index in [1.54, 1.807) is 0 Å². The minimum Gasteiger partial charge on any atom is -0.462 e. The Bertz CT molecular complexity index is 1250. The number of rotatable bonds is 73. The first-order valence-electron chi connectivity index (χ1n) is 38.5. The average Bonchev–Trinajstić information content (AvgIpc) is 3.50. The first-order chi connectivity index (χ1) is 41.0. The minimum atomic E-state index is -0.763. The molecule has 0 amide bonds. The smallest absolute Gasteiger partial charge is 0.306 e. The maximum absolute atomic E-state index is 12.9. The SMILES string of the molecule is CCCCCCCCCCCCCCCCCCCCCCCCCCCCCCCCCCCCC(=O)OCC(COC(=O)CCCCCCCCCCCCCCCC)OC(=O)CCCCCCCCCCCCCCCCCCC. The molecule has 1 unspecified atom stereocenters. The average molecular weight is 1170 g/mol. The second-order valence-corrected chi connectivity index (χ2v) is 26.6. The van der Waals surface area contributed by atoms with Crippen molar-refractivity contribution in [3.05, 3.63) is 0 Å². The van der Waals surface area contributed by atoms with Gasteiger partial charge < -0.3 is 14.2 Å². The summed E-state index contributed by atoms with van der Waals surface area (Å²) in [6.07, 6.45) is 87.4. The van der Waals surface area contributed by atoms with Gasteiger partial charge in [0.1, 0.15) is 13.2 Å². The van der Waals surface area contributed by atoms with Gasteiger partial charge in [-0.2, -0.15) is 0 Å². The van der Waals surface area contributed by atoms with Gasteiger partial charge in [-0.3, -0.25) is 14.4 Å². The van der Waals surface area contributed by atoms with E-state index >= 15 is 0 Å². The summed E-state index contributed by atoms with van der Waals surface area (Å²) in [6, 6.07) is 0. The van der Waals surface area contributed by atoms with Crippen molar-refractivity contribution in [2.75, 3.05) is 13.2 Å². The van der Waals surface area contributed by atoms with Gasteiger partial charge in [-0.25, -0.2) is 0 Å². The lowest BCUT2D eigenvalue weighted by molar-refractivity contribution is -0.167. The van der Waals surface area contributed by atoms with Crippen LogP contribution in [-0.2, 0) is 28.6 Å². The van der Waals surface area contributed by atoms with Gasteiger partial charge >= 0.3 is 17.9 Å². The molecule has 0 aromatic heterocycles. The number of unbranched alkanes of at least 4 members (excludes halogenated alkanes) is 62. The third-order valence-corrected chi connectivity index (χ3v) is 18.1. The molecule has 0 saturated carbocycles. The third-order valence-electron chi connectivity index (χ3n) is 18.1. The Morgan fingerprint density at radius 2 is 0.325 bits per heavy atom. The molecule has 0 saturated heterocycles. The molecule has 494 valence electrons. The Morgan fingerprint density at radius 3 is 0.482 bits per heavy atom. The van der Waals surface area contributed by atoms with Crippen LogP contribution in [0.25, 0.3) is 0 Å². The normalized spacial score (nSPS) is 11.9. The van der Waals surface area contributed by atoms with Crippen LogP contribution in [-0.4, -0.2) is 37.2 Å². The van der Waals surface area contributed by atoms with Gasteiger partial charge in [0.25, 0.3) is 0 Å². The fourth-order valence-electron chi connectivity index (χ4n) is 12.3. The Morgan fingerprint density at radius 1 is 0.193 bits per heavy atom. The molecule has 6 heteroatoms. The molecule has 1 atom stereocenters. The molecule has 0 fully saturated rings. The van der Waals surface area contributed by atoms with E-state index in [1.165, 1.54) is 360 Å². The summed E-state index contributed by atoms with van der Waals surface area (Å²) < 4.78 is 17.0. The second kappa shape index (κ2) is 72.9. The molecule has 0 aliphatic carbocycles. The highest BCUT2D eigenvalue weighted by Crippen LogP contribution is 2.20. The van der Waals surface area contributed by atoms with Crippen LogP contribution in [0.15, 0.2) is 0 Å². The van der Waals surface area contributed by atoms with Crippen LogP contribution in [0.2, 0.25) is 0 Å². The molecule has 0 aliphatic heterocycles. The monoisotopic (exact) mass is 1170 g/mol. The molecule has 0 aromatic carbocycles. The maximum atomic E-state index is 12.9. The molecule has 0 bridgehead atoms. The van der Waals surface area contributed by atoms with Gasteiger partial charge in [0, 0.05) is 19.3 Å². The predicted molar refractivity (Wildman–Crippen MR) is 363 cm³/mol. The summed E-state index contributed by atoms with van der Waals surface area (Å²) in [4.78, 5) is 38.5. The van der Waals surface area contributed by atoms with Crippen molar-refractivity contribution in [2.45, 2.75) is 463 Å². The molecular formula is C77H150O6. The van der Waals surface area contributed by atoms with Gasteiger partial charge in [-0.1, -0.05) is 419 Å². The Balaban J connectivity index is 4.05. The molecule has 0 rings (SSSR count). The fraction of sp³-hybridized carbons (Fsp3) is 0.961. The third kappa shape index (κ3) is 71.1. The van der Waals surface area contributed by atoms with E-state index in [4.69, 9.17) is 14.2 Å². The quantitative estimate of drug-likeness (QED) is 0.0343. The van der Waals surface area contributed by atoms with Crippen molar-refractivity contribution in [1.82, 2.24) is 0 Å². The van der Waals surface area contributed by atoms with Gasteiger partial charge in [0.15, 0.2) is 6.10 Å². The Kier molecular flexibility index (Phi) is 71.5. The first kappa shape index (κ1) is 81.4. The van der Waals surface area contributed by atoms with Crippen molar-refractivity contribution in [3.63, 3.8) is 0 Å². The molecule has 6 nitrogen and oxygen atoms in total. The summed E-state index contributed by atoms with van der Waals surface area (Å²) in [5.41, 5.74) is 0. The Labute approximate surface area is 520 Å². The van der Waals surface area contributed by atoms with E-state index in [0.717, 1.165) is 57.8 Å². The predicted octanol–water partition coefficient (Wildman–Crippen LogP) is 26.6. The molecule has 83 heavy (non-hydrogen) atoms. The van der Waals surface area contributed by atoms with Crippen LogP contribution in [0, 0.1) is 0 Å². The van der Waals surface area contributed by atoms with Crippen LogP contribution >= 0.6 is 0 Å². The van der Waals surface area contributed by atoms with E-state index in [1.807, 2.05) is 0 Å². The topological polar surface area (TPSA) is 78.9 Å². The standard InChI is InChI=1S/C77H150O6/c1-4-7-10-13-16-19-22-25-28-30-31-32-33-34-35-36-37-38-39-40-41-42-43-44-45-46-48-49-52-55-58-61-64-67-70-76(79)82-73-74(72-81-75(78)69-66-63-60-57-54-51-27-24-21-18-15-12-9-6-3)83-77(80)71-68-65-62-59-56-53-50-47-29-26-23-20-17-14-11-8-5-2/h74H,4-73H2,1-3H3. The van der Waals surface area contributed by atoms with E-state index in [0.29, 0.717) is 19.3 Å². The van der Waals surface area contributed by atoms with Crippen molar-refractivity contribution in [1.29, 1.82) is 0 Å². The molecule has 0 N–H and O–H groups in total. The van der Waals surface area contributed by atoms with Gasteiger partial charge in [-0.15, -0.1) is 0 Å². The second-order valence-electron chi connectivity index (χ2n) is 26.6. The maximum Gasteiger partial charge on any atom is 0.306 e. The number of ether oxygens (including phenoxy) is 3. The first-order valence-corrected chi connectivity index (χ1v) is 38.5. The highest BCUT2D eigenvalue weighted by atomic mass is 16.6. The van der Waals surface area contributed by atoms with E-state index in [2.05, 4.69) is 20.8 Å². The zero-order valence-electron chi connectivity index (χ0n) is 57.0. The zero-order valence-corrected chi connectivity index (χ0v) is 57.0. The molecule has 0 spiro atoms. The number of esters is 3. The van der Waals surface area contributed by atoms with Gasteiger partial charge in [0.2, 0.25) is 0 Å². The van der Waals surface area contributed by atoms with Crippen LogP contribution in [0.1, 0.15) is 457 Å². The number of hydrogen-bond donors (Lipinski definition) is 0. The molecule has 0 aliphatic rings. The zero-order chi connectivity index (χ0) is 59.9. The van der Waals surface area contributed by atoms with Crippen molar-refractivity contribution in [2.24, 2.45) is 0 Å². The van der Waals surface area contributed by atoms with Crippen LogP contribution < -0.4 is 0 Å². The minimum absolute atomic E-state index is 0.0601. The summed E-state index contributed by atoms with van der Waals surface area (Å²) >= 11 is 0. The Hall–Kier alpha value is -1.59.